The summed E-state index contributed by atoms with van der Waals surface area (Å²) in [5.74, 6) is 1.03. The van der Waals surface area contributed by atoms with Crippen LogP contribution >= 0.6 is 11.6 Å². The van der Waals surface area contributed by atoms with Crippen LogP contribution in [0, 0.1) is 0 Å². The SMILES string of the molecule is O[C@@H]1C[C@@H](c2nc(-c3cccnc3)no2)N(Cc2ccc(Cl)cc2)C1. The Labute approximate surface area is 150 Å². The molecule has 1 aliphatic heterocycles. The van der Waals surface area contributed by atoms with Crippen LogP contribution in [0.2, 0.25) is 5.02 Å². The van der Waals surface area contributed by atoms with E-state index >= 15 is 0 Å². The maximum atomic E-state index is 10.1. The number of halogens is 1. The highest BCUT2D eigenvalue weighted by molar-refractivity contribution is 6.30. The first-order valence-corrected chi connectivity index (χ1v) is 8.47. The number of nitrogens with zero attached hydrogens (tertiary/aromatic N) is 4. The van der Waals surface area contributed by atoms with Crippen molar-refractivity contribution in [2.75, 3.05) is 6.54 Å². The lowest BCUT2D eigenvalue weighted by Crippen LogP contribution is -2.24. The van der Waals surface area contributed by atoms with Crippen molar-refractivity contribution in [3.63, 3.8) is 0 Å². The number of aromatic nitrogens is 3. The number of aliphatic hydroxyl groups excluding tert-OH is 1. The van der Waals surface area contributed by atoms with Crippen LogP contribution in [-0.2, 0) is 6.54 Å². The van der Waals surface area contributed by atoms with E-state index < -0.39 is 6.10 Å². The average Bonchev–Trinajstić information content (AvgIpc) is 3.24. The molecule has 2 aromatic heterocycles. The maximum absolute atomic E-state index is 10.1. The molecule has 0 radical (unpaired) electrons. The number of hydrogen-bond acceptors (Lipinski definition) is 6. The van der Waals surface area contributed by atoms with Gasteiger partial charge in [-0.2, -0.15) is 4.98 Å². The molecule has 0 saturated carbocycles. The molecule has 1 aromatic carbocycles. The predicted octanol–water partition coefficient (Wildman–Crippen LogP) is 3.09. The molecule has 6 nitrogen and oxygen atoms in total. The Balaban J connectivity index is 1.55. The van der Waals surface area contributed by atoms with Crippen LogP contribution in [0.15, 0.2) is 53.3 Å². The van der Waals surface area contributed by atoms with Gasteiger partial charge >= 0.3 is 0 Å². The Morgan fingerprint density at radius 1 is 1.24 bits per heavy atom. The second kappa shape index (κ2) is 6.92. The van der Waals surface area contributed by atoms with Crippen LogP contribution in [0.5, 0.6) is 0 Å². The number of hydrogen-bond donors (Lipinski definition) is 1. The molecule has 0 aliphatic carbocycles. The molecule has 25 heavy (non-hydrogen) atoms. The lowest BCUT2D eigenvalue weighted by Gasteiger charge is -2.21. The Kier molecular flexibility index (Phi) is 4.48. The zero-order valence-electron chi connectivity index (χ0n) is 13.4. The fourth-order valence-electron chi connectivity index (χ4n) is 3.12. The van der Waals surface area contributed by atoms with Crippen LogP contribution in [-0.4, -0.2) is 37.8 Å². The summed E-state index contributed by atoms with van der Waals surface area (Å²) in [5.41, 5.74) is 1.93. The number of benzene rings is 1. The number of β-amino-alcohol motifs (C(OH)–C–C–N with tert-alkyl or cyclic N) is 1. The third-order valence-electron chi connectivity index (χ3n) is 4.33. The summed E-state index contributed by atoms with van der Waals surface area (Å²) in [5, 5.41) is 14.9. The van der Waals surface area contributed by atoms with Gasteiger partial charge in [0.15, 0.2) is 0 Å². The van der Waals surface area contributed by atoms with Crippen molar-refractivity contribution in [2.24, 2.45) is 0 Å². The second-order valence-corrected chi connectivity index (χ2v) is 6.60. The van der Waals surface area contributed by atoms with E-state index in [0.29, 0.717) is 36.2 Å². The van der Waals surface area contributed by atoms with Gasteiger partial charge in [-0.15, -0.1) is 0 Å². The molecule has 3 aromatic rings. The normalized spacial score (nSPS) is 20.9. The summed E-state index contributed by atoms with van der Waals surface area (Å²) in [7, 11) is 0. The quantitative estimate of drug-likeness (QED) is 0.774. The van der Waals surface area contributed by atoms with Gasteiger partial charge in [-0.05, 0) is 36.2 Å². The molecule has 0 bridgehead atoms. The third-order valence-corrected chi connectivity index (χ3v) is 4.58. The van der Waals surface area contributed by atoms with Crippen molar-refractivity contribution in [1.29, 1.82) is 0 Å². The first-order chi connectivity index (χ1) is 12.2. The summed E-state index contributed by atoms with van der Waals surface area (Å²) in [6, 6.07) is 11.3. The minimum atomic E-state index is -0.411. The topological polar surface area (TPSA) is 75.3 Å². The molecule has 7 heteroatoms. The number of pyridine rings is 1. The zero-order valence-corrected chi connectivity index (χ0v) is 14.2. The zero-order chi connectivity index (χ0) is 17.2. The van der Waals surface area contributed by atoms with Crippen molar-refractivity contribution >= 4 is 11.6 Å². The van der Waals surface area contributed by atoms with Gasteiger partial charge in [0.05, 0.1) is 12.1 Å². The highest BCUT2D eigenvalue weighted by Gasteiger charge is 2.35. The number of rotatable bonds is 4. The molecule has 1 N–H and O–H groups in total. The van der Waals surface area contributed by atoms with Crippen molar-refractivity contribution in [2.45, 2.75) is 25.1 Å². The van der Waals surface area contributed by atoms with Gasteiger partial charge in [0.25, 0.3) is 0 Å². The molecule has 0 spiro atoms. The van der Waals surface area contributed by atoms with Crippen molar-refractivity contribution in [1.82, 2.24) is 20.0 Å². The van der Waals surface area contributed by atoms with Crippen LogP contribution in [0.4, 0.5) is 0 Å². The van der Waals surface area contributed by atoms with E-state index in [9.17, 15) is 5.11 Å². The molecule has 1 aliphatic rings. The smallest absolute Gasteiger partial charge is 0.244 e. The fraction of sp³-hybridized carbons (Fsp3) is 0.278. The standard InChI is InChI=1S/C18H17ClN4O2/c19-14-5-3-12(4-6-14)10-23-11-15(24)8-16(23)18-21-17(22-25-18)13-2-1-7-20-9-13/h1-7,9,15-16,24H,8,10-11H2/t15-,16+/m1/s1. The van der Waals surface area contributed by atoms with Gasteiger partial charge in [0.2, 0.25) is 11.7 Å². The first-order valence-electron chi connectivity index (χ1n) is 8.09. The summed E-state index contributed by atoms with van der Waals surface area (Å²) in [6.07, 6.45) is 3.56. The van der Waals surface area contributed by atoms with Crippen LogP contribution in [0.3, 0.4) is 0 Å². The average molecular weight is 357 g/mol. The first kappa shape index (κ1) is 16.2. The predicted molar refractivity (Wildman–Crippen MR) is 92.8 cm³/mol. The Morgan fingerprint density at radius 3 is 2.84 bits per heavy atom. The van der Waals surface area contributed by atoms with Gasteiger partial charge in [0, 0.05) is 36.1 Å². The van der Waals surface area contributed by atoms with Crippen molar-refractivity contribution in [3.8, 4) is 11.4 Å². The van der Waals surface area contributed by atoms with Gasteiger partial charge in [-0.1, -0.05) is 28.9 Å². The molecule has 3 heterocycles. The largest absolute Gasteiger partial charge is 0.392 e. The van der Waals surface area contributed by atoms with Crippen molar-refractivity contribution in [3.05, 3.63) is 65.3 Å². The molecule has 2 atom stereocenters. The monoisotopic (exact) mass is 356 g/mol. The van der Waals surface area contributed by atoms with Gasteiger partial charge in [0.1, 0.15) is 0 Å². The van der Waals surface area contributed by atoms with E-state index in [1.807, 2.05) is 36.4 Å². The molecule has 1 fully saturated rings. The molecule has 128 valence electrons. The summed E-state index contributed by atoms with van der Waals surface area (Å²) in [4.78, 5) is 10.7. The van der Waals surface area contributed by atoms with Gasteiger partial charge in [-0.3, -0.25) is 9.88 Å². The molecule has 0 amide bonds. The van der Waals surface area contributed by atoms with Gasteiger partial charge < -0.3 is 9.63 Å². The molecular formula is C18H17ClN4O2. The molecule has 4 rings (SSSR count). The number of aliphatic hydroxyl groups is 1. The number of likely N-dealkylation sites (tertiary alicyclic amines) is 1. The Morgan fingerprint density at radius 2 is 2.08 bits per heavy atom. The fourth-order valence-corrected chi connectivity index (χ4v) is 3.24. The van der Waals surface area contributed by atoms with Crippen LogP contribution in [0.25, 0.3) is 11.4 Å². The summed E-state index contributed by atoms with van der Waals surface area (Å²) in [6.45, 7) is 1.25. The molecular weight excluding hydrogens is 340 g/mol. The Hall–Kier alpha value is -2.28. The highest BCUT2D eigenvalue weighted by atomic mass is 35.5. The minimum Gasteiger partial charge on any atom is -0.392 e. The van der Waals surface area contributed by atoms with E-state index in [-0.39, 0.29) is 6.04 Å². The van der Waals surface area contributed by atoms with E-state index in [4.69, 9.17) is 16.1 Å². The van der Waals surface area contributed by atoms with E-state index in [0.717, 1.165) is 11.1 Å². The molecule has 1 saturated heterocycles. The second-order valence-electron chi connectivity index (χ2n) is 6.16. The van der Waals surface area contributed by atoms with Gasteiger partial charge in [-0.25, -0.2) is 0 Å². The van der Waals surface area contributed by atoms with E-state index in [2.05, 4.69) is 20.0 Å². The van der Waals surface area contributed by atoms with E-state index in [1.54, 1.807) is 12.4 Å². The highest BCUT2D eigenvalue weighted by Crippen LogP contribution is 2.33. The Bertz CT molecular complexity index is 838. The van der Waals surface area contributed by atoms with Crippen LogP contribution < -0.4 is 0 Å². The third kappa shape index (κ3) is 3.56. The minimum absolute atomic E-state index is 0.108. The molecule has 0 unspecified atom stereocenters. The van der Waals surface area contributed by atoms with Crippen LogP contribution in [0.1, 0.15) is 23.9 Å². The lowest BCUT2D eigenvalue weighted by atomic mass is 10.1. The van der Waals surface area contributed by atoms with E-state index in [1.165, 1.54) is 0 Å². The summed E-state index contributed by atoms with van der Waals surface area (Å²) < 4.78 is 5.48. The summed E-state index contributed by atoms with van der Waals surface area (Å²) >= 11 is 5.95. The van der Waals surface area contributed by atoms with Crippen molar-refractivity contribution < 1.29 is 9.63 Å². The lowest BCUT2D eigenvalue weighted by molar-refractivity contribution is 0.169. The maximum Gasteiger partial charge on any atom is 0.244 e.